The van der Waals surface area contributed by atoms with E-state index in [0.717, 1.165) is 11.3 Å². The number of rotatable bonds is 6. The molecule has 0 saturated heterocycles. The molecule has 0 spiro atoms. The molecule has 1 atom stereocenters. The molecule has 2 aromatic carbocycles. The first-order valence-electron chi connectivity index (χ1n) is 8.21. The summed E-state index contributed by atoms with van der Waals surface area (Å²) in [6.45, 7) is 4.36. The van der Waals surface area contributed by atoms with E-state index in [9.17, 15) is 9.18 Å². The van der Waals surface area contributed by atoms with Crippen LogP contribution in [-0.4, -0.2) is 35.7 Å². The molecule has 1 aliphatic rings. The normalized spacial score (nSPS) is 15.9. The zero-order valence-corrected chi connectivity index (χ0v) is 14.8. The summed E-state index contributed by atoms with van der Waals surface area (Å²) in [4.78, 5) is 19.7. The molecule has 1 aliphatic heterocycles. The first kappa shape index (κ1) is 18.1. The fourth-order valence-corrected chi connectivity index (χ4v) is 2.91. The molecule has 0 unspecified atom stereocenters. The average molecular weight is 373 g/mol. The van der Waals surface area contributed by atoms with Crippen molar-refractivity contribution in [3.05, 3.63) is 83.2 Å². The third-order valence-electron chi connectivity index (χ3n) is 4.04. The Morgan fingerprint density at radius 2 is 2.12 bits per heavy atom. The van der Waals surface area contributed by atoms with Gasteiger partial charge in [0.1, 0.15) is 5.82 Å². The highest BCUT2D eigenvalue weighted by Gasteiger charge is 2.27. The van der Waals surface area contributed by atoms with Crippen LogP contribution in [-0.2, 0) is 4.84 Å². The molecule has 0 aromatic heterocycles. The van der Waals surface area contributed by atoms with Crippen molar-refractivity contribution in [1.82, 2.24) is 4.90 Å². The molecule has 0 bridgehead atoms. The molecule has 0 radical (unpaired) electrons. The molecule has 6 heteroatoms. The van der Waals surface area contributed by atoms with Crippen molar-refractivity contribution in [3.8, 4) is 0 Å². The van der Waals surface area contributed by atoms with Gasteiger partial charge in [-0.25, -0.2) is 4.39 Å². The summed E-state index contributed by atoms with van der Waals surface area (Å²) in [5.74, 6) is -0.715. The Morgan fingerprint density at radius 1 is 1.35 bits per heavy atom. The van der Waals surface area contributed by atoms with Crippen LogP contribution in [0.15, 0.2) is 66.3 Å². The maximum atomic E-state index is 13.4. The van der Waals surface area contributed by atoms with Crippen LogP contribution in [0.25, 0.3) is 0 Å². The lowest BCUT2D eigenvalue weighted by molar-refractivity contribution is 0.0449. The summed E-state index contributed by atoms with van der Waals surface area (Å²) in [6.07, 6.45) is 1.94. The zero-order chi connectivity index (χ0) is 18.5. The number of hydrogen-bond donors (Lipinski definition) is 0. The molecule has 0 aliphatic carbocycles. The van der Waals surface area contributed by atoms with E-state index in [2.05, 4.69) is 11.7 Å². The number of carbonyl (C=O) groups excluding carboxylic acids is 1. The van der Waals surface area contributed by atoms with Crippen molar-refractivity contribution in [2.45, 2.75) is 12.5 Å². The summed E-state index contributed by atoms with van der Waals surface area (Å²) in [5, 5.41) is 4.78. The molecule has 1 heterocycles. The highest BCUT2D eigenvalue weighted by Crippen LogP contribution is 2.20. The Labute approximate surface area is 156 Å². The van der Waals surface area contributed by atoms with Gasteiger partial charge in [0.25, 0.3) is 5.91 Å². The number of halogens is 2. The molecule has 0 saturated carbocycles. The van der Waals surface area contributed by atoms with Gasteiger partial charge in [-0.1, -0.05) is 41.0 Å². The molecular weight excluding hydrogens is 355 g/mol. The Morgan fingerprint density at radius 3 is 2.81 bits per heavy atom. The summed E-state index contributed by atoms with van der Waals surface area (Å²) in [7, 11) is 0. The van der Waals surface area contributed by atoms with Crippen molar-refractivity contribution in [2.75, 3.05) is 13.1 Å². The lowest BCUT2D eigenvalue weighted by atomic mass is 10.0. The molecule has 1 amide bonds. The van der Waals surface area contributed by atoms with Gasteiger partial charge in [-0.3, -0.25) is 4.79 Å². The fraction of sp³-hybridized carbons (Fsp3) is 0.200. The van der Waals surface area contributed by atoms with Crippen LogP contribution in [0.3, 0.4) is 0 Å². The van der Waals surface area contributed by atoms with E-state index in [1.54, 1.807) is 29.2 Å². The molecule has 134 valence electrons. The maximum Gasteiger partial charge on any atom is 0.254 e. The van der Waals surface area contributed by atoms with Crippen LogP contribution in [0, 0.1) is 5.82 Å². The number of hydrogen-bond acceptors (Lipinski definition) is 3. The average Bonchev–Trinajstić information content (AvgIpc) is 3.10. The van der Waals surface area contributed by atoms with Crippen LogP contribution < -0.4 is 0 Å². The van der Waals surface area contributed by atoms with Crippen LogP contribution in [0.1, 0.15) is 22.3 Å². The monoisotopic (exact) mass is 372 g/mol. The molecular formula is C20H18ClFN2O2. The van der Waals surface area contributed by atoms with E-state index in [1.807, 2.05) is 12.1 Å². The smallest absolute Gasteiger partial charge is 0.254 e. The van der Waals surface area contributed by atoms with E-state index in [1.165, 1.54) is 18.2 Å². The van der Waals surface area contributed by atoms with Gasteiger partial charge in [0.2, 0.25) is 0 Å². The van der Waals surface area contributed by atoms with E-state index < -0.39 is 5.82 Å². The van der Waals surface area contributed by atoms with Gasteiger partial charge < -0.3 is 9.74 Å². The molecule has 3 rings (SSSR count). The maximum absolute atomic E-state index is 13.4. The Bertz CT molecular complexity index is 836. The lowest BCUT2D eigenvalue weighted by Crippen LogP contribution is -2.37. The van der Waals surface area contributed by atoms with Crippen molar-refractivity contribution < 1.29 is 14.0 Å². The standard InChI is InChI=1S/C20H18ClFN2O2/c1-2-10-24(20(25)15-4-3-5-17(22)11-15)13-18-12-19(23-26-18)14-6-8-16(21)9-7-14/h2-9,11,18H,1,10,12-13H2/t18-/m0/s1. The SMILES string of the molecule is C=CCN(C[C@@H]1CC(c2ccc(Cl)cc2)=NO1)C(=O)c1cccc(F)c1. The predicted molar refractivity (Wildman–Crippen MR) is 100.0 cm³/mol. The first-order chi connectivity index (χ1) is 12.6. The first-order valence-corrected chi connectivity index (χ1v) is 8.59. The highest BCUT2D eigenvalue weighted by molar-refractivity contribution is 6.30. The molecule has 2 aromatic rings. The summed E-state index contributed by atoms with van der Waals surface area (Å²) in [5.41, 5.74) is 2.04. The minimum absolute atomic E-state index is 0.266. The topological polar surface area (TPSA) is 41.9 Å². The van der Waals surface area contributed by atoms with E-state index in [-0.39, 0.29) is 12.0 Å². The Hall–Kier alpha value is -2.66. The number of oxime groups is 1. The molecule has 26 heavy (non-hydrogen) atoms. The quantitative estimate of drug-likeness (QED) is 0.709. The van der Waals surface area contributed by atoms with Gasteiger partial charge in [-0.05, 0) is 35.9 Å². The van der Waals surface area contributed by atoms with Crippen LogP contribution in [0.5, 0.6) is 0 Å². The van der Waals surface area contributed by atoms with Crippen molar-refractivity contribution >= 4 is 23.2 Å². The minimum Gasteiger partial charge on any atom is -0.390 e. The third-order valence-corrected chi connectivity index (χ3v) is 4.29. The van der Waals surface area contributed by atoms with Crippen molar-refractivity contribution in [3.63, 3.8) is 0 Å². The summed E-state index contributed by atoms with van der Waals surface area (Å²) < 4.78 is 13.4. The number of carbonyl (C=O) groups is 1. The Balaban J connectivity index is 1.67. The second-order valence-corrected chi connectivity index (χ2v) is 6.42. The van der Waals surface area contributed by atoms with Gasteiger partial charge in [-0.15, -0.1) is 6.58 Å². The zero-order valence-electron chi connectivity index (χ0n) is 14.1. The number of nitrogens with zero attached hydrogens (tertiary/aromatic N) is 2. The van der Waals surface area contributed by atoms with E-state index in [0.29, 0.717) is 30.1 Å². The van der Waals surface area contributed by atoms with Gasteiger partial charge in [0.15, 0.2) is 6.10 Å². The predicted octanol–water partition coefficient (Wildman–Crippen LogP) is 4.30. The van der Waals surface area contributed by atoms with Gasteiger partial charge in [0, 0.05) is 23.6 Å². The Kier molecular flexibility index (Phi) is 5.68. The van der Waals surface area contributed by atoms with Crippen molar-refractivity contribution in [1.29, 1.82) is 0 Å². The second-order valence-electron chi connectivity index (χ2n) is 5.99. The molecule has 0 N–H and O–H groups in total. The van der Waals surface area contributed by atoms with Gasteiger partial charge in [0.05, 0.1) is 12.3 Å². The van der Waals surface area contributed by atoms with Crippen LogP contribution >= 0.6 is 11.6 Å². The number of benzene rings is 2. The molecule has 4 nitrogen and oxygen atoms in total. The minimum atomic E-state index is -0.445. The second kappa shape index (κ2) is 8.15. The third kappa shape index (κ3) is 4.29. The van der Waals surface area contributed by atoms with Crippen LogP contribution in [0.2, 0.25) is 5.02 Å². The van der Waals surface area contributed by atoms with E-state index in [4.69, 9.17) is 16.4 Å². The summed E-state index contributed by atoms with van der Waals surface area (Å²) >= 11 is 5.90. The van der Waals surface area contributed by atoms with E-state index >= 15 is 0 Å². The largest absolute Gasteiger partial charge is 0.390 e. The number of amides is 1. The molecule has 0 fully saturated rings. The fourth-order valence-electron chi connectivity index (χ4n) is 2.79. The lowest BCUT2D eigenvalue weighted by Gasteiger charge is -2.23. The van der Waals surface area contributed by atoms with Gasteiger partial charge >= 0.3 is 0 Å². The highest BCUT2D eigenvalue weighted by atomic mass is 35.5. The summed E-state index contributed by atoms with van der Waals surface area (Å²) in [6, 6.07) is 13.0. The van der Waals surface area contributed by atoms with Crippen molar-refractivity contribution in [2.24, 2.45) is 5.16 Å². The van der Waals surface area contributed by atoms with Gasteiger partial charge in [-0.2, -0.15) is 0 Å². The van der Waals surface area contributed by atoms with Crippen LogP contribution in [0.4, 0.5) is 4.39 Å².